The van der Waals surface area contributed by atoms with Gasteiger partial charge in [0, 0.05) is 0 Å². The number of hydrogen-bond donors (Lipinski definition) is 2. The van der Waals surface area contributed by atoms with E-state index in [0.717, 1.165) is 15.6 Å². The van der Waals surface area contributed by atoms with Gasteiger partial charge in [-0.05, 0) is 45.5 Å². The van der Waals surface area contributed by atoms with Crippen LogP contribution in [0.3, 0.4) is 0 Å². The molecule has 3 N–H and O–H groups in total. The average molecular weight is 330 g/mol. The van der Waals surface area contributed by atoms with Gasteiger partial charge in [-0.25, -0.2) is 0 Å². The standard InChI is InChI=1S/C13H16BrNO4/c1-6(2)10-7(3-8(15)13(16)17)4-9-12(11(10)14)19-5-18-9/h4,6,8H,3,5,15H2,1-2H3,(H,16,17). The summed E-state index contributed by atoms with van der Waals surface area (Å²) >= 11 is 3.52. The lowest BCUT2D eigenvalue weighted by Gasteiger charge is -2.18. The molecule has 104 valence electrons. The summed E-state index contributed by atoms with van der Waals surface area (Å²) in [7, 11) is 0. The van der Waals surface area contributed by atoms with Crippen LogP contribution in [0.15, 0.2) is 10.5 Å². The quantitative estimate of drug-likeness (QED) is 0.885. The number of hydrogen-bond acceptors (Lipinski definition) is 4. The van der Waals surface area contributed by atoms with Gasteiger partial charge in [-0.2, -0.15) is 0 Å². The zero-order chi connectivity index (χ0) is 14.2. The summed E-state index contributed by atoms with van der Waals surface area (Å²) in [6.45, 7) is 4.26. The Morgan fingerprint density at radius 2 is 2.21 bits per heavy atom. The number of carboxylic acid groups (broad SMARTS) is 1. The number of carbonyl (C=O) groups is 1. The number of carboxylic acids is 1. The van der Waals surface area contributed by atoms with Crippen molar-refractivity contribution in [1.29, 1.82) is 0 Å². The summed E-state index contributed by atoms with van der Waals surface area (Å²) < 4.78 is 11.6. The van der Waals surface area contributed by atoms with Crippen LogP contribution in [0.25, 0.3) is 0 Å². The summed E-state index contributed by atoms with van der Waals surface area (Å²) in [6, 6.07) is 0.898. The number of rotatable bonds is 4. The first kappa shape index (κ1) is 14.1. The van der Waals surface area contributed by atoms with Crippen LogP contribution in [0.5, 0.6) is 11.5 Å². The lowest BCUT2D eigenvalue weighted by atomic mass is 9.92. The molecule has 1 aromatic rings. The predicted molar refractivity (Wildman–Crippen MR) is 73.7 cm³/mol. The van der Waals surface area contributed by atoms with Gasteiger partial charge in [0.2, 0.25) is 6.79 Å². The maximum Gasteiger partial charge on any atom is 0.320 e. The van der Waals surface area contributed by atoms with Crippen molar-refractivity contribution in [2.75, 3.05) is 6.79 Å². The van der Waals surface area contributed by atoms with Crippen LogP contribution in [0, 0.1) is 0 Å². The molecule has 0 aromatic heterocycles. The van der Waals surface area contributed by atoms with Gasteiger partial charge in [-0.15, -0.1) is 0 Å². The molecule has 19 heavy (non-hydrogen) atoms. The van der Waals surface area contributed by atoms with Crippen molar-refractivity contribution in [3.63, 3.8) is 0 Å². The van der Waals surface area contributed by atoms with Crippen molar-refractivity contribution in [2.45, 2.75) is 32.2 Å². The molecular weight excluding hydrogens is 314 g/mol. The van der Waals surface area contributed by atoms with Crippen molar-refractivity contribution < 1.29 is 19.4 Å². The van der Waals surface area contributed by atoms with E-state index in [0.29, 0.717) is 11.5 Å². The highest BCUT2D eigenvalue weighted by molar-refractivity contribution is 9.10. The fourth-order valence-corrected chi connectivity index (χ4v) is 3.21. The van der Waals surface area contributed by atoms with E-state index in [2.05, 4.69) is 15.9 Å². The fourth-order valence-electron chi connectivity index (χ4n) is 2.18. The SMILES string of the molecule is CC(C)c1c(CC(N)C(=O)O)cc2c(c1Br)OCO2. The van der Waals surface area contributed by atoms with E-state index in [1.165, 1.54) is 0 Å². The normalized spacial score (nSPS) is 14.8. The summed E-state index contributed by atoms with van der Waals surface area (Å²) in [5.41, 5.74) is 7.52. The lowest BCUT2D eigenvalue weighted by Crippen LogP contribution is -2.32. The Labute approximate surface area is 119 Å². The highest BCUT2D eigenvalue weighted by Crippen LogP contribution is 2.45. The van der Waals surface area contributed by atoms with Gasteiger partial charge in [0.05, 0.1) is 4.47 Å². The highest BCUT2D eigenvalue weighted by atomic mass is 79.9. The maximum atomic E-state index is 10.9. The van der Waals surface area contributed by atoms with Gasteiger partial charge >= 0.3 is 5.97 Å². The summed E-state index contributed by atoms with van der Waals surface area (Å²) in [4.78, 5) is 10.9. The van der Waals surface area contributed by atoms with Crippen LogP contribution in [0.2, 0.25) is 0 Å². The third kappa shape index (κ3) is 2.69. The van der Waals surface area contributed by atoms with Crippen LogP contribution < -0.4 is 15.2 Å². The minimum atomic E-state index is -1.01. The molecule has 0 amide bonds. The molecule has 1 atom stereocenters. The van der Waals surface area contributed by atoms with Crippen molar-refractivity contribution in [2.24, 2.45) is 5.73 Å². The van der Waals surface area contributed by atoms with E-state index < -0.39 is 12.0 Å². The molecule has 0 aliphatic carbocycles. The molecule has 1 aromatic carbocycles. The van der Waals surface area contributed by atoms with E-state index in [1.807, 2.05) is 19.9 Å². The Morgan fingerprint density at radius 1 is 1.53 bits per heavy atom. The van der Waals surface area contributed by atoms with Gasteiger partial charge < -0.3 is 20.3 Å². The molecule has 0 bridgehead atoms. The largest absolute Gasteiger partial charge is 0.480 e. The van der Waals surface area contributed by atoms with E-state index in [1.54, 1.807) is 0 Å². The topological polar surface area (TPSA) is 81.8 Å². The second-order valence-corrected chi connectivity index (χ2v) is 5.59. The van der Waals surface area contributed by atoms with E-state index in [9.17, 15) is 4.79 Å². The first-order valence-corrected chi connectivity index (χ1v) is 6.80. The minimum Gasteiger partial charge on any atom is -0.480 e. The second-order valence-electron chi connectivity index (χ2n) is 4.80. The van der Waals surface area contributed by atoms with Crippen molar-refractivity contribution in [1.82, 2.24) is 0 Å². The molecule has 6 heteroatoms. The monoisotopic (exact) mass is 329 g/mol. The molecule has 5 nitrogen and oxygen atoms in total. The number of fused-ring (bicyclic) bond motifs is 1. The first-order chi connectivity index (χ1) is 8.91. The van der Waals surface area contributed by atoms with Gasteiger partial charge in [0.25, 0.3) is 0 Å². The number of benzene rings is 1. The molecule has 0 fully saturated rings. The van der Waals surface area contributed by atoms with E-state index in [-0.39, 0.29) is 19.1 Å². The molecule has 1 aliphatic heterocycles. The zero-order valence-corrected chi connectivity index (χ0v) is 12.4. The van der Waals surface area contributed by atoms with Gasteiger partial charge in [-0.3, -0.25) is 4.79 Å². The molecule has 1 heterocycles. The highest BCUT2D eigenvalue weighted by Gasteiger charge is 2.26. The second kappa shape index (κ2) is 5.38. The van der Waals surface area contributed by atoms with Gasteiger partial charge in [0.15, 0.2) is 11.5 Å². The number of aliphatic carboxylic acids is 1. The van der Waals surface area contributed by atoms with Crippen LogP contribution in [0.1, 0.15) is 30.9 Å². The number of ether oxygens (including phenoxy) is 2. The molecule has 0 radical (unpaired) electrons. The Morgan fingerprint density at radius 3 is 2.79 bits per heavy atom. The lowest BCUT2D eigenvalue weighted by molar-refractivity contribution is -0.138. The van der Waals surface area contributed by atoms with Crippen LogP contribution >= 0.6 is 15.9 Å². The Hall–Kier alpha value is -1.27. The smallest absolute Gasteiger partial charge is 0.320 e. The average Bonchev–Trinajstić information content (AvgIpc) is 2.76. The van der Waals surface area contributed by atoms with Crippen molar-refractivity contribution in [3.8, 4) is 11.5 Å². The summed E-state index contributed by atoms with van der Waals surface area (Å²) in [5.74, 6) is 0.517. The molecule has 0 saturated heterocycles. The Kier molecular flexibility index (Phi) is 4.01. The van der Waals surface area contributed by atoms with Crippen LogP contribution in [-0.2, 0) is 11.2 Å². The van der Waals surface area contributed by atoms with Crippen molar-refractivity contribution in [3.05, 3.63) is 21.7 Å². The van der Waals surface area contributed by atoms with Gasteiger partial charge in [-0.1, -0.05) is 13.8 Å². The Balaban J connectivity index is 2.47. The molecule has 1 aliphatic rings. The van der Waals surface area contributed by atoms with Gasteiger partial charge in [0.1, 0.15) is 6.04 Å². The third-order valence-electron chi connectivity index (χ3n) is 3.06. The number of halogens is 1. The summed E-state index contributed by atoms with van der Waals surface area (Å²) in [5, 5.41) is 8.94. The third-order valence-corrected chi connectivity index (χ3v) is 3.85. The number of nitrogens with two attached hydrogens (primary N) is 1. The van der Waals surface area contributed by atoms with Crippen LogP contribution in [-0.4, -0.2) is 23.9 Å². The van der Waals surface area contributed by atoms with Crippen molar-refractivity contribution >= 4 is 21.9 Å². The first-order valence-electron chi connectivity index (χ1n) is 6.01. The maximum absolute atomic E-state index is 10.9. The van der Waals surface area contributed by atoms with E-state index in [4.69, 9.17) is 20.3 Å². The molecule has 0 spiro atoms. The molecule has 0 saturated carbocycles. The minimum absolute atomic E-state index is 0.180. The van der Waals surface area contributed by atoms with Crippen LogP contribution in [0.4, 0.5) is 0 Å². The summed E-state index contributed by atoms with van der Waals surface area (Å²) in [6.07, 6.45) is 0.262. The van der Waals surface area contributed by atoms with E-state index >= 15 is 0 Å². The Bertz CT molecular complexity index is 516. The fraction of sp³-hybridized carbons (Fsp3) is 0.462. The molecule has 1 unspecified atom stereocenters. The molecule has 2 rings (SSSR count). The molecular formula is C13H16BrNO4. The zero-order valence-electron chi connectivity index (χ0n) is 10.8. The predicted octanol–water partition coefficient (Wildman–Crippen LogP) is 2.26.